The van der Waals surface area contributed by atoms with Crippen molar-refractivity contribution in [3.05, 3.63) is 0 Å². The highest BCUT2D eigenvalue weighted by Gasteiger charge is 2.30. The van der Waals surface area contributed by atoms with E-state index in [-0.39, 0.29) is 0 Å². The lowest BCUT2D eigenvalue weighted by Gasteiger charge is -2.16. The monoisotopic (exact) mass is 187 g/mol. The highest BCUT2D eigenvalue weighted by atomic mass is 16.5. The zero-order valence-electron chi connectivity index (χ0n) is 8.71. The van der Waals surface area contributed by atoms with E-state index in [4.69, 9.17) is 9.47 Å². The molecule has 78 valence electrons. The van der Waals surface area contributed by atoms with E-state index < -0.39 is 0 Å². The van der Waals surface area contributed by atoms with Crippen molar-refractivity contribution in [1.29, 1.82) is 0 Å². The van der Waals surface area contributed by atoms with E-state index in [9.17, 15) is 0 Å². The predicted molar refractivity (Wildman–Crippen MR) is 52.9 cm³/mol. The van der Waals surface area contributed by atoms with Crippen LogP contribution < -0.4 is 5.32 Å². The van der Waals surface area contributed by atoms with Crippen LogP contribution in [0.1, 0.15) is 19.8 Å². The average molecular weight is 187 g/mol. The maximum atomic E-state index is 5.26. The summed E-state index contributed by atoms with van der Waals surface area (Å²) in [5, 5.41) is 3.47. The topological polar surface area (TPSA) is 30.5 Å². The third-order valence-corrected chi connectivity index (χ3v) is 2.39. The van der Waals surface area contributed by atoms with Gasteiger partial charge in [0.25, 0.3) is 0 Å². The van der Waals surface area contributed by atoms with Gasteiger partial charge in [0, 0.05) is 26.3 Å². The Labute approximate surface area is 80.8 Å². The molecule has 0 heterocycles. The van der Waals surface area contributed by atoms with Crippen LogP contribution in [0.5, 0.6) is 0 Å². The first-order valence-electron chi connectivity index (χ1n) is 5.18. The van der Waals surface area contributed by atoms with Crippen molar-refractivity contribution in [2.75, 3.05) is 33.5 Å². The maximum absolute atomic E-state index is 5.26. The van der Waals surface area contributed by atoms with E-state index in [1.807, 2.05) is 6.92 Å². The Kier molecular flexibility index (Phi) is 5.35. The van der Waals surface area contributed by atoms with Gasteiger partial charge >= 0.3 is 0 Å². The molecule has 3 nitrogen and oxygen atoms in total. The molecule has 0 aromatic rings. The molecule has 0 spiro atoms. The van der Waals surface area contributed by atoms with Crippen LogP contribution in [0.4, 0.5) is 0 Å². The molecule has 1 saturated carbocycles. The van der Waals surface area contributed by atoms with Gasteiger partial charge in [-0.25, -0.2) is 0 Å². The lowest BCUT2D eigenvalue weighted by molar-refractivity contribution is 0.128. The Morgan fingerprint density at radius 3 is 2.77 bits per heavy atom. The molecule has 1 fully saturated rings. The molecular formula is C10H21NO2. The van der Waals surface area contributed by atoms with Gasteiger partial charge in [-0.15, -0.1) is 0 Å². The van der Waals surface area contributed by atoms with E-state index in [0.29, 0.717) is 6.04 Å². The summed E-state index contributed by atoms with van der Waals surface area (Å²) in [6.07, 6.45) is 2.71. The van der Waals surface area contributed by atoms with Crippen molar-refractivity contribution >= 4 is 0 Å². The van der Waals surface area contributed by atoms with Crippen LogP contribution in [-0.4, -0.2) is 39.5 Å². The van der Waals surface area contributed by atoms with E-state index >= 15 is 0 Å². The minimum Gasteiger partial charge on any atom is -0.383 e. The second-order valence-corrected chi connectivity index (χ2v) is 3.55. The molecular weight excluding hydrogens is 166 g/mol. The molecule has 0 saturated heterocycles. The molecule has 1 unspecified atom stereocenters. The molecule has 1 atom stereocenters. The fourth-order valence-corrected chi connectivity index (χ4v) is 1.50. The summed E-state index contributed by atoms with van der Waals surface area (Å²) in [6.45, 7) is 5.41. The number of hydrogen-bond acceptors (Lipinski definition) is 3. The Morgan fingerprint density at radius 1 is 1.46 bits per heavy atom. The second-order valence-electron chi connectivity index (χ2n) is 3.55. The first-order valence-corrected chi connectivity index (χ1v) is 5.18. The van der Waals surface area contributed by atoms with Crippen LogP contribution in [-0.2, 0) is 9.47 Å². The van der Waals surface area contributed by atoms with Crippen LogP contribution in [0.3, 0.4) is 0 Å². The molecule has 0 bridgehead atoms. The Morgan fingerprint density at radius 2 is 2.23 bits per heavy atom. The summed E-state index contributed by atoms with van der Waals surface area (Å²) in [5.74, 6) is 0.849. The van der Waals surface area contributed by atoms with Gasteiger partial charge in [0.1, 0.15) is 0 Å². The maximum Gasteiger partial charge on any atom is 0.0618 e. The van der Waals surface area contributed by atoms with E-state index in [2.05, 4.69) is 5.32 Å². The largest absolute Gasteiger partial charge is 0.383 e. The zero-order valence-corrected chi connectivity index (χ0v) is 8.71. The third-order valence-electron chi connectivity index (χ3n) is 2.39. The minimum absolute atomic E-state index is 0.547. The normalized spacial score (nSPS) is 18.9. The Bertz CT molecular complexity index is 126. The quantitative estimate of drug-likeness (QED) is 0.576. The summed E-state index contributed by atoms with van der Waals surface area (Å²) in [7, 11) is 1.76. The number of rotatable bonds is 8. The van der Waals surface area contributed by atoms with Crippen LogP contribution >= 0.6 is 0 Å². The van der Waals surface area contributed by atoms with Crippen LogP contribution in [0, 0.1) is 5.92 Å². The lowest BCUT2D eigenvalue weighted by Crippen LogP contribution is -2.37. The standard InChI is InChI=1S/C10H21NO2/c1-3-13-7-6-11-10(8-12-2)9-4-5-9/h9-11H,3-8H2,1-2H3. The fraction of sp³-hybridized carbons (Fsp3) is 1.00. The van der Waals surface area contributed by atoms with Crippen LogP contribution in [0.15, 0.2) is 0 Å². The number of hydrogen-bond donors (Lipinski definition) is 1. The van der Waals surface area contributed by atoms with Crippen LogP contribution in [0.25, 0.3) is 0 Å². The van der Waals surface area contributed by atoms with E-state index in [1.165, 1.54) is 12.8 Å². The molecule has 0 amide bonds. The Balaban J connectivity index is 2.00. The SMILES string of the molecule is CCOCCNC(COC)C1CC1. The summed E-state index contributed by atoms with van der Waals surface area (Å²) in [5.41, 5.74) is 0. The number of ether oxygens (including phenoxy) is 2. The fourth-order valence-electron chi connectivity index (χ4n) is 1.50. The molecule has 0 aliphatic heterocycles. The molecule has 3 heteroatoms. The summed E-state index contributed by atoms with van der Waals surface area (Å²) >= 11 is 0. The van der Waals surface area contributed by atoms with Crippen molar-refractivity contribution in [3.63, 3.8) is 0 Å². The van der Waals surface area contributed by atoms with Gasteiger partial charge in [-0.3, -0.25) is 0 Å². The average Bonchev–Trinajstić information content (AvgIpc) is 2.93. The predicted octanol–water partition coefficient (Wildman–Crippen LogP) is 1.04. The highest BCUT2D eigenvalue weighted by Crippen LogP contribution is 2.32. The Hall–Kier alpha value is -0.120. The van der Waals surface area contributed by atoms with Gasteiger partial charge in [-0.2, -0.15) is 0 Å². The lowest BCUT2D eigenvalue weighted by atomic mass is 10.2. The van der Waals surface area contributed by atoms with Crippen molar-refractivity contribution < 1.29 is 9.47 Å². The molecule has 1 rings (SSSR count). The van der Waals surface area contributed by atoms with Crippen molar-refractivity contribution in [1.82, 2.24) is 5.32 Å². The summed E-state index contributed by atoms with van der Waals surface area (Å²) in [6, 6.07) is 0.547. The zero-order chi connectivity index (χ0) is 9.52. The first-order chi connectivity index (χ1) is 6.38. The molecule has 0 aromatic carbocycles. The van der Waals surface area contributed by atoms with Crippen molar-refractivity contribution in [2.24, 2.45) is 5.92 Å². The molecule has 0 aromatic heterocycles. The first kappa shape index (κ1) is 11.0. The minimum atomic E-state index is 0.547. The van der Waals surface area contributed by atoms with Gasteiger partial charge in [0.2, 0.25) is 0 Å². The van der Waals surface area contributed by atoms with Gasteiger partial charge in [-0.1, -0.05) is 0 Å². The second kappa shape index (κ2) is 6.35. The summed E-state index contributed by atoms with van der Waals surface area (Å²) in [4.78, 5) is 0. The van der Waals surface area contributed by atoms with Gasteiger partial charge in [0.15, 0.2) is 0 Å². The van der Waals surface area contributed by atoms with Gasteiger partial charge in [0.05, 0.1) is 13.2 Å². The van der Waals surface area contributed by atoms with Crippen LogP contribution in [0.2, 0.25) is 0 Å². The summed E-state index contributed by atoms with van der Waals surface area (Å²) < 4.78 is 10.4. The van der Waals surface area contributed by atoms with Crippen molar-refractivity contribution in [2.45, 2.75) is 25.8 Å². The number of methoxy groups -OCH3 is 1. The molecule has 0 radical (unpaired) electrons. The smallest absolute Gasteiger partial charge is 0.0618 e. The van der Waals surface area contributed by atoms with Crippen molar-refractivity contribution in [3.8, 4) is 0 Å². The van der Waals surface area contributed by atoms with Gasteiger partial charge in [-0.05, 0) is 25.7 Å². The van der Waals surface area contributed by atoms with E-state index in [0.717, 1.165) is 32.3 Å². The number of nitrogens with one attached hydrogen (secondary N) is 1. The molecule has 1 N–H and O–H groups in total. The molecule has 13 heavy (non-hydrogen) atoms. The van der Waals surface area contributed by atoms with Gasteiger partial charge < -0.3 is 14.8 Å². The third kappa shape index (κ3) is 4.60. The molecule has 1 aliphatic rings. The molecule has 1 aliphatic carbocycles. The highest BCUT2D eigenvalue weighted by molar-refractivity contribution is 4.86. The van der Waals surface area contributed by atoms with E-state index in [1.54, 1.807) is 7.11 Å².